The van der Waals surface area contributed by atoms with Gasteiger partial charge in [0.1, 0.15) is 0 Å². The van der Waals surface area contributed by atoms with E-state index in [0.717, 1.165) is 36.1 Å². The first kappa shape index (κ1) is 19.6. The summed E-state index contributed by atoms with van der Waals surface area (Å²) in [5, 5.41) is 6.73. The third-order valence-corrected chi connectivity index (χ3v) is 5.46. The lowest BCUT2D eigenvalue weighted by atomic mass is 10.1. The minimum atomic E-state index is 0.298. The van der Waals surface area contributed by atoms with Crippen LogP contribution in [0.25, 0.3) is 0 Å². The second-order valence-electron chi connectivity index (χ2n) is 7.62. The SMILES string of the molecule is CN=C(NCc1ccc(CN2CCCCC2)cc1)NCc1ccc2c(c1)OCO2. The van der Waals surface area contributed by atoms with Gasteiger partial charge in [-0.25, -0.2) is 0 Å². The lowest BCUT2D eigenvalue weighted by Gasteiger charge is -2.26. The molecule has 0 radical (unpaired) electrons. The summed E-state index contributed by atoms with van der Waals surface area (Å²) in [7, 11) is 1.79. The molecule has 0 unspecified atom stereocenters. The number of aliphatic imine (C=N–C) groups is 1. The third-order valence-electron chi connectivity index (χ3n) is 5.46. The molecule has 2 aliphatic heterocycles. The van der Waals surface area contributed by atoms with Crippen molar-refractivity contribution in [2.45, 2.75) is 38.9 Å². The highest BCUT2D eigenvalue weighted by molar-refractivity contribution is 5.79. The molecule has 0 aliphatic carbocycles. The normalized spacial score (nSPS) is 16.7. The Morgan fingerprint density at radius 2 is 1.52 bits per heavy atom. The Bertz CT molecular complexity index is 829. The van der Waals surface area contributed by atoms with E-state index in [2.05, 4.69) is 44.8 Å². The van der Waals surface area contributed by atoms with Gasteiger partial charge in [-0.3, -0.25) is 9.89 Å². The first-order chi connectivity index (χ1) is 14.3. The fourth-order valence-electron chi connectivity index (χ4n) is 3.78. The maximum atomic E-state index is 5.44. The number of nitrogens with one attached hydrogen (secondary N) is 2. The van der Waals surface area contributed by atoms with E-state index in [1.807, 2.05) is 18.2 Å². The van der Waals surface area contributed by atoms with Crippen LogP contribution < -0.4 is 20.1 Å². The van der Waals surface area contributed by atoms with Gasteiger partial charge in [0, 0.05) is 26.7 Å². The Balaban J connectivity index is 1.24. The van der Waals surface area contributed by atoms with Crippen LogP contribution in [0, 0.1) is 0 Å². The molecule has 2 aromatic carbocycles. The molecule has 2 heterocycles. The first-order valence-electron chi connectivity index (χ1n) is 10.4. The van der Waals surface area contributed by atoms with Crippen molar-refractivity contribution in [1.29, 1.82) is 0 Å². The summed E-state index contributed by atoms with van der Waals surface area (Å²) in [6.45, 7) is 5.23. The Hall–Kier alpha value is -2.73. The number of guanidine groups is 1. The molecule has 0 amide bonds. The second-order valence-corrected chi connectivity index (χ2v) is 7.62. The van der Waals surface area contributed by atoms with Crippen molar-refractivity contribution in [3.05, 3.63) is 59.2 Å². The minimum Gasteiger partial charge on any atom is -0.454 e. The van der Waals surface area contributed by atoms with E-state index >= 15 is 0 Å². The van der Waals surface area contributed by atoms with Crippen LogP contribution in [0.3, 0.4) is 0 Å². The summed E-state index contributed by atoms with van der Waals surface area (Å²) in [6, 6.07) is 14.9. The number of ether oxygens (including phenoxy) is 2. The van der Waals surface area contributed by atoms with E-state index in [9.17, 15) is 0 Å². The monoisotopic (exact) mass is 394 g/mol. The highest BCUT2D eigenvalue weighted by Gasteiger charge is 2.13. The average molecular weight is 395 g/mol. The number of rotatable bonds is 6. The fourth-order valence-corrected chi connectivity index (χ4v) is 3.78. The molecule has 0 spiro atoms. The van der Waals surface area contributed by atoms with Crippen molar-refractivity contribution in [2.75, 3.05) is 26.9 Å². The van der Waals surface area contributed by atoms with Crippen LogP contribution in [-0.4, -0.2) is 37.8 Å². The Kier molecular flexibility index (Phi) is 6.52. The molecular formula is C23H30N4O2. The Labute approximate surface area is 172 Å². The molecule has 6 nitrogen and oxygen atoms in total. The molecule has 1 saturated heterocycles. The predicted molar refractivity (Wildman–Crippen MR) is 115 cm³/mol. The largest absolute Gasteiger partial charge is 0.454 e. The summed E-state index contributed by atoms with van der Waals surface area (Å²) in [4.78, 5) is 6.87. The van der Waals surface area contributed by atoms with Crippen molar-refractivity contribution in [1.82, 2.24) is 15.5 Å². The van der Waals surface area contributed by atoms with Crippen LogP contribution in [0.5, 0.6) is 11.5 Å². The van der Waals surface area contributed by atoms with Gasteiger partial charge in [-0.15, -0.1) is 0 Å². The maximum absolute atomic E-state index is 5.44. The zero-order chi connectivity index (χ0) is 19.9. The van der Waals surface area contributed by atoms with Gasteiger partial charge in [0.05, 0.1) is 0 Å². The van der Waals surface area contributed by atoms with Crippen LogP contribution in [-0.2, 0) is 19.6 Å². The number of piperidine rings is 1. The smallest absolute Gasteiger partial charge is 0.231 e. The van der Waals surface area contributed by atoms with E-state index in [4.69, 9.17) is 9.47 Å². The molecular weight excluding hydrogens is 364 g/mol. The number of hydrogen-bond donors (Lipinski definition) is 2. The van der Waals surface area contributed by atoms with Gasteiger partial charge < -0.3 is 20.1 Å². The highest BCUT2D eigenvalue weighted by Crippen LogP contribution is 2.32. The average Bonchev–Trinajstić information content (AvgIpc) is 3.24. The third kappa shape index (κ3) is 5.41. The number of nitrogens with zero attached hydrogens (tertiary/aromatic N) is 2. The van der Waals surface area contributed by atoms with Crippen LogP contribution in [0.1, 0.15) is 36.0 Å². The van der Waals surface area contributed by atoms with Gasteiger partial charge in [-0.1, -0.05) is 36.8 Å². The van der Waals surface area contributed by atoms with Gasteiger partial charge in [0.15, 0.2) is 17.5 Å². The molecule has 2 N–H and O–H groups in total. The van der Waals surface area contributed by atoms with Crippen molar-refractivity contribution < 1.29 is 9.47 Å². The summed E-state index contributed by atoms with van der Waals surface area (Å²) in [5.41, 5.74) is 3.76. The lowest BCUT2D eigenvalue weighted by Crippen LogP contribution is -2.36. The molecule has 0 atom stereocenters. The lowest BCUT2D eigenvalue weighted by molar-refractivity contribution is 0.174. The number of hydrogen-bond acceptors (Lipinski definition) is 4. The molecule has 2 aliphatic rings. The van der Waals surface area contributed by atoms with Crippen LogP contribution in [0.15, 0.2) is 47.5 Å². The molecule has 0 bridgehead atoms. The summed E-state index contributed by atoms with van der Waals surface area (Å²) < 4.78 is 10.8. The zero-order valence-corrected chi connectivity index (χ0v) is 17.1. The topological polar surface area (TPSA) is 58.1 Å². The Morgan fingerprint density at radius 1 is 0.862 bits per heavy atom. The highest BCUT2D eigenvalue weighted by atomic mass is 16.7. The summed E-state index contributed by atoms with van der Waals surface area (Å²) in [6.07, 6.45) is 4.05. The first-order valence-corrected chi connectivity index (χ1v) is 10.4. The molecule has 154 valence electrons. The molecule has 0 aromatic heterocycles. The summed E-state index contributed by atoms with van der Waals surface area (Å²) in [5.74, 6) is 2.39. The molecule has 1 fully saturated rings. The van der Waals surface area contributed by atoms with Crippen LogP contribution in [0.2, 0.25) is 0 Å². The quantitative estimate of drug-likeness (QED) is 0.582. The van der Waals surface area contributed by atoms with Crippen LogP contribution >= 0.6 is 0 Å². The maximum Gasteiger partial charge on any atom is 0.231 e. The van der Waals surface area contributed by atoms with Gasteiger partial charge in [-0.2, -0.15) is 0 Å². The Morgan fingerprint density at radius 3 is 2.28 bits per heavy atom. The van der Waals surface area contributed by atoms with Crippen molar-refractivity contribution in [3.63, 3.8) is 0 Å². The number of likely N-dealkylation sites (tertiary alicyclic amines) is 1. The van der Waals surface area contributed by atoms with E-state index in [1.54, 1.807) is 7.05 Å². The van der Waals surface area contributed by atoms with Gasteiger partial charge >= 0.3 is 0 Å². The van der Waals surface area contributed by atoms with E-state index < -0.39 is 0 Å². The molecule has 29 heavy (non-hydrogen) atoms. The van der Waals surface area contributed by atoms with Gasteiger partial charge in [-0.05, 0) is 54.8 Å². The molecule has 4 rings (SSSR count). The second kappa shape index (κ2) is 9.65. The van der Waals surface area contributed by atoms with Gasteiger partial charge in [0.25, 0.3) is 0 Å². The number of fused-ring (bicyclic) bond motifs is 1. The number of benzene rings is 2. The molecule has 2 aromatic rings. The minimum absolute atomic E-state index is 0.298. The summed E-state index contributed by atoms with van der Waals surface area (Å²) >= 11 is 0. The van der Waals surface area contributed by atoms with E-state index in [0.29, 0.717) is 13.3 Å². The van der Waals surface area contributed by atoms with Crippen molar-refractivity contribution in [2.24, 2.45) is 4.99 Å². The molecule has 6 heteroatoms. The van der Waals surface area contributed by atoms with Crippen molar-refractivity contribution >= 4 is 5.96 Å². The zero-order valence-electron chi connectivity index (χ0n) is 17.1. The fraction of sp³-hybridized carbons (Fsp3) is 0.435. The predicted octanol–water partition coefficient (Wildman–Crippen LogP) is 3.27. The van der Waals surface area contributed by atoms with Gasteiger partial charge in [0.2, 0.25) is 6.79 Å². The molecule has 0 saturated carbocycles. The van der Waals surface area contributed by atoms with E-state index in [1.165, 1.54) is 43.5 Å². The van der Waals surface area contributed by atoms with Crippen molar-refractivity contribution in [3.8, 4) is 11.5 Å². The standard InChI is InChI=1S/C23H30N4O2/c1-24-23(26-15-20-9-10-21-22(13-20)29-17-28-21)25-14-18-5-7-19(8-6-18)16-27-11-3-2-4-12-27/h5-10,13H,2-4,11-12,14-17H2,1H3,(H2,24,25,26). The van der Waals surface area contributed by atoms with Crippen LogP contribution in [0.4, 0.5) is 0 Å². The van der Waals surface area contributed by atoms with E-state index in [-0.39, 0.29) is 0 Å².